The lowest BCUT2D eigenvalue weighted by Gasteiger charge is -2.25. The molecule has 124 heavy (non-hydrogen) atoms. The number of nitrogens with zero attached hydrogens (tertiary/aromatic N) is 4. The molecule has 4 aliphatic rings. The molecule has 0 unspecified atom stereocenters. The van der Waals surface area contributed by atoms with E-state index in [1.54, 1.807) is 97.1 Å². The number of anilines is 6. The van der Waals surface area contributed by atoms with Gasteiger partial charge in [0.2, 0.25) is 11.8 Å². The Bertz CT molecular complexity index is 5480. The van der Waals surface area contributed by atoms with Gasteiger partial charge in [-0.15, -0.1) is 0 Å². The maximum absolute atomic E-state index is 12.5. The molecule has 4 heterocycles. The summed E-state index contributed by atoms with van der Waals surface area (Å²) < 4.78 is 0. The molecule has 10 aromatic carbocycles. The van der Waals surface area contributed by atoms with Crippen LogP contribution >= 0.6 is 0 Å². The second-order valence-electron chi connectivity index (χ2n) is 28.5. The minimum absolute atomic E-state index is 0.0199. The highest BCUT2D eigenvalue weighted by Gasteiger charge is 2.32. The van der Waals surface area contributed by atoms with Crippen LogP contribution in [0.25, 0.3) is 0 Å². The summed E-state index contributed by atoms with van der Waals surface area (Å²) in [6, 6.07) is 72.9. The van der Waals surface area contributed by atoms with Crippen LogP contribution in [-0.4, -0.2) is 115 Å². The van der Waals surface area contributed by atoms with E-state index < -0.39 is 107 Å². The lowest BCUT2D eigenvalue weighted by atomic mass is 9.80. The number of allylic oxidation sites excluding steroid dienone is 2. The summed E-state index contributed by atoms with van der Waals surface area (Å²) in [5, 5.41) is 40.9. The molecular weight excluding hydrogens is 1580 g/mol. The minimum atomic E-state index is -1.27. The largest absolute Gasteiger partial charge is 0.478 e. The minimum Gasteiger partial charge on any atom is -0.478 e. The average Bonchev–Trinajstić information content (AvgIpc) is 1.40. The number of benzene rings is 10. The molecule has 26 nitrogen and oxygen atoms in total. The van der Waals surface area contributed by atoms with Crippen LogP contribution in [0, 0.1) is 0 Å². The van der Waals surface area contributed by atoms with Gasteiger partial charge < -0.3 is 31.1 Å². The summed E-state index contributed by atoms with van der Waals surface area (Å²) in [6.07, 6.45) is 16.6. The summed E-state index contributed by atoms with van der Waals surface area (Å²) in [6.45, 7) is 0. The van der Waals surface area contributed by atoms with Crippen molar-refractivity contribution >= 4 is 129 Å². The van der Waals surface area contributed by atoms with Crippen LogP contribution in [0.5, 0.6) is 0 Å². The number of amides is 10. The van der Waals surface area contributed by atoms with Gasteiger partial charge in [-0.25, -0.2) is 38.8 Å². The number of ketones is 2. The van der Waals surface area contributed by atoms with Crippen molar-refractivity contribution in [2.45, 2.75) is 36.5 Å². The van der Waals surface area contributed by atoms with Crippen molar-refractivity contribution in [2.75, 3.05) is 30.2 Å². The molecule has 0 aromatic heterocycles. The number of aliphatic carboxylic acids is 4. The summed E-state index contributed by atoms with van der Waals surface area (Å²) >= 11 is 0. The third-order valence-electron chi connectivity index (χ3n) is 20.3. The number of carbonyl (C=O) groups is 16. The van der Waals surface area contributed by atoms with E-state index in [1.807, 2.05) is 140 Å². The Hall–Kier alpha value is -17.2. The fourth-order valence-electron chi connectivity index (χ4n) is 14.7. The summed E-state index contributed by atoms with van der Waals surface area (Å²) in [5.74, 6) is -12.2. The van der Waals surface area contributed by atoms with E-state index in [2.05, 4.69) is 16.7 Å². The maximum Gasteiger partial charge on any atom is 0.328 e. The topological polar surface area (TPSA) is 391 Å². The van der Waals surface area contributed by atoms with Crippen molar-refractivity contribution in [3.05, 3.63) is 418 Å². The first-order valence-corrected chi connectivity index (χ1v) is 38.2. The van der Waals surface area contributed by atoms with E-state index in [0.29, 0.717) is 45.3 Å². The number of hydrogen-bond acceptors (Lipinski definition) is 16. The number of rotatable bonds is 30. The van der Waals surface area contributed by atoms with Gasteiger partial charge in [0, 0.05) is 133 Å². The molecule has 0 spiro atoms. The molecule has 14 rings (SSSR count). The predicted molar refractivity (Wildman–Crippen MR) is 457 cm³/mol. The van der Waals surface area contributed by atoms with Gasteiger partial charge in [0.05, 0.1) is 22.7 Å². The van der Waals surface area contributed by atoms with E-state index >= 15 is 0 Å². The predicted octanol–water partition coefficient (Wildman–Crippen LogP) is 12.5. The highest BCUT2D eigenvalue weighted by Crippen LogP contribution is 2.42. The molecule has 0 aliphatic carbocycles. The molecule has 612 valence electrons. The van der Waals surface area contributed by atoms with Crippen molar-refractivity contribution in [2.24, 2.45) is 0 Å². The van der Waals surface area contributed by atoms with Crippen LogP contribution in [0.3, 0.4) is 0 Å². The summed E-state index contributed by atoms with van der Waals surface area (Å²) in [4.78, 5) is 197. The van der Waals surface area contributed by atoms with E-state index in [0.717, 1.165) is 135 Å². The van der Waals surface area contributed by atoms with Crippen LogP contribution in [0.4, 0.5) is 34.1 Å². The molecule has 6 N–H and O–H groups in total. The SMILES string of the molecule is O=C(O)/C=C/C(=O)Cc1ccc(C(c2ccc(CC(=O)/C=C/C(=O)O)cc2)c2cccc(C(c3ccc(NC(=O)/C=C/C(=O)O)cc3)c3ccc(NC(=O)/C=C/C(=O)O)cc3)c2)cc1.O=C1C=CC(=O)N1c1ccc(C(c2ccc(N3C(=O)C=CC3=O)cc2)c2cccc(C(c3ccc(N4C(=O)C=CC4=O)cc3)c3ccc(N4C(=O)C=CC4=O)cc3)c2)cc1. The number of hydrogen-bond donors (Lipinski definition) is 6. The van der Waals surface area contributed by atoms with Gasteiger partial charge in [-0.1, -0.05) is 170 Å². The van der Waals surface area contributed by atoms with Crippen LogP contribution in [0.2, 0.25) is 0 Å². The molecule has 26 heteroatoms. The molecule has 0 saturated carbocycles. The van der Waals surface area contributed by atoms with E-state index in [9.17, 15) is 76.7 Å². The lowest BCUT2D eigenvalue weighted by Crippen LogP contribution is -2.29. The Kier molecular flexibility index (Phi) is 26.0. The third kappa shape index (κ3) is 20.5. The van der Waals surface area contributed by atoms with Crippen molar-refractivity contribution in [1.29, 1.82) is 0 Å². The average molecular weight is 1650 g/mol. The van der Waals surface area contributed by atoms with Crippen molar-refractivity contribution in [3.8, 4) is 0 Å². The van der Waals surface area contributed by atoms with Gasteiger partial charge in [-0.05, 0) is 163 Å². The van der Waals surface area contributed by atoms with E-state index in [-0.39, 0.29) is 24.4 Å². The Morgan fingerprint density at radius 1 is 0.242 bits per heavy atom. The molecule has 0 bridgehead atoms. The molecule has 10 amide bonds. The second kappa shape index (κ2) is 38.1. The number of imide groups is 4. The van der Waals surface area contributed by atoms with Gasteiger partial charge in [0.1, 0.15) is 0 Å². The van der Waals surface area contributed by atoms with Crippen LogP contribution in [0.15, 0.2) is 340 Å². The molecular formula is C98H70N6O20. The van der Waals surface area contributed by atoms with Crippen molar-refractivity contribution < 1.29 is 97.1 Å². The zero-order valence-corrected chi connectivity index (χ0v) is 65.2. The van der Waals surface area contributed by atoms with Gasteiger partial charge in [-0.3, -0.25) is 57.5 Å². The third-order valence-corrected chi connectivity index (χ3v) is 20.3. The molecule has 4 aliphatic heterocycles. The second-order valence-corrected chi connectivity index (χ2v) is 28.5. The Morgan fingerprint density at radius 3 is 0.645 bits per heavy atom. The van der Waals surface area contributed by atoms with Gasteiger partial charge in [0.25, 0.3) is 47.3 Å². The molecule has 0 radical (unpaired) electrons. The van der Waals surface area contributed by atoms with Crippen molar-refractivity contribution in [1.82, 2.24) is 0 Å². The monoisotopic (exact) mass is 1650 g/mol. The standard InChI is InChI=1S/C50H40N2O12.C48H30N4O8/c53-41(20-24-45(57)58)28-31-4-8-33(9-5-31)49(34-10-6-32(7-11-34)29-42(54)21-25-46(59)60)37-2-1-3-38(30-37)50(35-12-16-39(17-13-35)51-43(55)22-26-47(61)62)36-14-18-40(19-15-36)52-44(56)23-27-48(63)64;53-39-20-21-40(54)49(39)35-12-4-29(5-13-35)47(30-6-14-36(15-7-30)50-41(55)22-23-42(50)56)33-2-1-3-34(28-33)48(31-8-16-37(17-9-31)51-43(57)24-25-44(51)58)32-10-18-38(19-11-32)52-45(59)26-27-46(52)60/h1-27,30,49-50H,28-29H2,(H,51,55)(H,52,56)(H,57,58)(H,59,60)(H,61,62)(H,63,64);1-28,47-48H/b24-20+,25-21+,26-22+,27-23+;. The fraction of sp³-hybridized carbons (Fsp3) is 0.0612. The first kappa shape index (κ1) is 84.7. The molecule has 0 fully saturated rings. The van der Waals surface area contributed by atoms with Crippen LogP contribution in [0.1, 0.15) is 102 Å². The quantitative estimate of drug-likeness (QED) is 0.0138. The number of carbonyl (C=O) groups excluding carboxylic acids is 12. The number of nitrogens with one attached hydrogen (secondary N) is 2. The van der Waals surface area contributed by atoms with Crippen LogP contribution in [-0.2, 0) is 89.6 Å². The Morgan fingerprint density at radius 2 is 0.435 bits per heavy atom. The maximum atomic E-state index is 12.5. The fourth-order valence-corrected chi connectivity index (χ4v) is 14.7. The summed E-state index contributed by atoms with van der Waals surface area (Å²) in [5.41, 5.74) is 13.7. The van der Waals surface area contributed by atoms with Gasteiger partial charge in [0.15, 0.2) is 11.6 Å². The lowest BCUT2D eigenvalue weighted by molar-refractivity contribution is -0.132. The molecule has 0 saturated heterocycles. The number of carboxylic acid groups (broad SMARTS) is 4. The zero-order chi connectivity index (χ0) is 87.8. The molecule has 10 aromatic rings. The number of carboxylic acids is 4. The first-order valence-electron chi connectivity index (χ1n) is 38.2. The zero-order valence-electron chi connectivity index (χ0n) is 65.2. The first-order chi connectivity index (χ1) is 59.7. The van der Waals surface area contributed by atoms with Crippen molar-refractivity contribution in [3.63, 3.8) is 0 Å². The normalized spacial score (nSPS) is 13.7. The smallest absolute Gasteiger partial charge is 0.328 e. The Labute approximate surface area is 706 Å². The van der Waals surface area contributed by atoms with Gasteiger partial charge >= 0.3 is 23.9 Å². The highest BCUT2D eigenvalue weighted by atomic mass is 16.4. The van der Waals surface area contributed by atoms with E-state index in [1.165, 1.54) is 48.6 Å². The highest BCUT2D eigenvalue weighted by molar-refractivity contribution is 6.30. The molecule has 0 atom stereocenters. The Balaban J connectivity index is 0.000000213. The van der Waals surface area contributed by atoms with Gasteiger partial charge in [-0.2, -0.15) is 0 Å². The van der Waals surface area contributed by atoms with Crippen LogP contribution < -0.4 is 30.2 Å². The van der Waals surface area contributed by atoms with E-state index in [4.69, 9.17) is 20.4 Å². The summed E-state index contributed by atoms with van der Waals surface area (Å²) in [7, 11) is 0.